The monoisotopic (exact) mass is 343 g/mol. The van der Waals surface area contributed by atoms with Gasteiger partial charge in [-0.2, -0.15) is 0 Å². The number of nitrogens with zero attached hydrogens (tertiary/aromatic N) is 1. The van der Waals surface area contributed by atoms with E-state index in [-0.39, 0.29) is 6.10 Å². The highest BCUT2D eigenvalue weighted by molar-refractivity contribution is 9.10. The van der Waals surface area contributed by atoms with Gasteiger partial charge in [0.1, 0.15) is 4.60 Å². The third-order valence-electron chi connectivity index (χ3n) is 3.30. The van der Waals surface area contributed by atoms with Gasteiger partial charge < -0.3 is 14.2 Å². The van der Waals surface area contributed by atoms with Crippen LogP contribution in [0.2, 0.25) is 0 Å². The van der Waals surface area contributed by atoms with E-state index in [1.165, 1.54) is 13.3 Å². The topological polar surface area (TPSA) is 57.7 Å². The minimum absolute atomic E-state index is 0.278. The van der Waals surface area contributed by atoms with Crippen LogP contribution in [0.1, 0.15) is 30.1 Å². The molecule has 2 heterocycles. The van der Waals surface area contributed by atoms with Crippen molar-refractivity contribution in [2.45, 2.75) is 25.9 Å². The van der Waals surface area contributed by atoms with Gasteiger partial charge in [-0.05, 0) is 47.7 Å². The maximum absolute atomic E-state index is 11.5. The van der Waals surface area contributed by atoms with Gasteiger partial charge in [0.2, 0.25) is 0 Å². The molecule has 1 saturated heterocycles. The van der Waals surface area contributed by atoms with Crippen LogP contribution in [0.15, 0.2) is 16.9 Å². The van der Waals surface area contributed by atoms with E-state index in [1.807, 2.05) is 0 Å². The maximum atomic E-state index is 11.5. The van der Waals surface area contributed by atoms with Crippen LogP contribution in [0.5, 0.6) is 5.75 Å². The summed E-state index contributed by atoms with van der Waals surface area (Å²) in [6.45, 7) is 3.44. The molecule has 1 aromatic heterocycles. The minimum atomic E-state index is -0.422. The molecule has 2 atom stereocenters. The van der Waals surface area contributed by atoms with Crippen molar-refractivity contribution in [1.82, 2.24) is 4.98 Å². The third kappa shape index (κ3) is 3.93. The minimum Gasteiger partial charge on any atom is -0.490 e. The zero-order valence-corrected chi connectivity index (χ0v) is 13.2. The second kappa shape index (κ2) is 7.04. The van der Waals surface area contributed by atoms with Gasteiger partial charge in [-0.3, -0.25) is 0 Å². The van der Waals surface area contributed by atoms with E-state index in [0.29, 0.717) is 28.4 Å². The van der Waals surface area contributed by atoms with E-state index in [4.69, 9.17) is 9.47 Å². The Bertz CT molecular complexity index is 480. The van der Waals surface area contributed by atoms with Crippen LogP contribution in [0.4, 0.5) is 0 Å². The summed E-state index contributed by atoms with van der Waals surface area (Å²) in [5.74, 6) is 0.606. The standard InChI is InChI=1S/C14H18BrNO4/c1-9-5-10(3-4-19-9)8-20-12-6-11(14(17)18-2)7-16-13(12)15/h6-7,9-10H,3-5,8H2,1-2H3. The summed E-state index contributed by atoms with van der Waals surface area (Å²) in [4.78, 5) is 15.6. The molecule has 0 aromatic carbocycles. The van der Waals surface area contributed by atoms with Crippen molar-refractivity contribution in [3.63, 3.8) is 0 Å². The Hall–Kier alpha value is -1.14. The van der Waals surface area contributed by atoms with E-state index in [2.05, 4.69) is 32.6 Å². The lowest BCUT2D eigenvalue weighted by molar-refractivity contribution is -0.00794. The van der Waals surface area contributed by atoms with Gasteiger partial charge in [0.15, 0.2) is 5.75 Å². The Morgan fingerprint density at radius 1 is 1.60 bits per heavy atom. The molecule has 6 heteroatoms. The number of carbonyl (C=O) groups is 1. The van der Waals surface area contributed by atoms with E-state index in [0.717, 1.165) is 19.4 Å². The highest BCUT2D eigenvalue weighted by Crippen LogP contribution is 2.26. The van der Waals surface area contributed by atoms with Crippen LogP contribution in [0, 0.1) is 5.92 Å². The van der Waals surface area contributed by atoms with Crippen LogP contribution >= 0.6 is 15.9 Å². The van der Waals surface area contributed by atoms with Gasteiger partial charge in [0, 0.05) is 12.8 Å². The smallest absolute Gasteiger partial charge is 0.339 e. The van der Waals surface area contributed by atoms with Crippen molar-refractivity contribution in [3.8, 4) is 5.75 Å². The van der Waals surface area contributed by atoms with Crippen molar-refractivity contribution < 1.29 is 19.0 Å². The first-order valence-electron chi connectivity index (χ1n) is 6.58. The van der Waals surface area contributed by atoms with Crippen LogP contribution in [-0.2, 0) is 9.47 Å². The molecule has 1 aliphatic rings. The fourth-order valence-corrected chi connectivity index (χ4v) is 2.54. The zero-order valence-electron chi connectivity index (χ0n) is 11.6. The van der Waals surface area contributed by atoms with Gasteiger partial charge in [-0.25, -0.2) is 9.78 Å². The predicted octanol–water partition coefficient (Wildman–Crippen LogP) is 2.82. The van der Waals surface area contributed by atoms with Crippen molar-refractivity contribution in [2.24, 2.45) is 5.92 Å². The molecule has 0 saturated carbocycles. The number of hydrogen-bond acceptors (Lipinski definition) is 5. The number of hydrogen-bond donors (Lipinski definition) is 0. The molecule has 2 unspecified atom stereocenters. The molecule has 20 heavy (non-hydrogen) atoms. The normalized spacial score (nSPS) is 22.4. The zero-order chi connectivity index (χ0) is 14.5. The number of halogens is 1. The lowest BCUT2D eigenvalue weighted by Gasteiger charge is -2.27. The lowest BCUT2D eigenvalue weighted by atomic mass is 9.97. The van der Waals surface area contributed by atoms with Crippen LogP contribution < -0.4 is 4.74 Å². The molecule has 2 rings (SSSR count). The number of aromatic nitrogens is 1. The molecule has 0 N–H and O–H groups in total. The van der Waals surface area contributed by atoms with Crippen molar-refractivity contribution >= 4 is 21.9 Å². The Kier molecular flexibility index (Phi) is 5.37. The molecule has 0 radical (unpaired) electrons. The average Bonchev–Trinajstić information content (AvgIpc) is 2.45. The molecule has 5 nitrogen and oxygen atoms in total. The summed E-state index contributed by atoms with van der Waals surface area (Å²) in [5, 5.41) is 0. The Morgan fingerprint density at radius 3 is 3.10 bits per heavy atom. The quantitative estimate of drug-likeness (QED) is 0.621. The molecule has 0 aliphatic carbocycles. The Morgan fingerprint density at radius 2 is 2.40 bits per heavy atom. The van der Waals surface area contributed by atoms with Gasteiger partial charge >= 0.3 is 5.97 Å². The highest BCUT2D eigenvalue weighted by atomic mass is 79.9. The molecular weight excluding hydrogens is 326 g/mol. The van der Waals surface area contributed by atoms with Crippen molar-refractivity contribution in [1.29, 1.82) is 0 Å². The van der Waals surface area contributed by atoms with Gasteiger partial charge in [-0.15, -0.1) is 0 Å². The summed E-state index contributed by atoms with van der Waals surface area (Å²) in [6, 6.07) is 1.64. The molecule has 1 aromatic rings. The molecular formula is C14H18BrNO4. The van der Waals surface area contributed by atoms with Gasteiger partial charge in [-0.1, -0.05) is 0 Å². The SMILES string of the molecule is COC(=O)c1cnc(Br)c(OCC2CCOC(C)C2)c1. The average molecular weight is 344 g/mol. The second-order valence-electron chi connectivity index (χ2n) is 4.89. The number of methoxy groups -OCH3 is 1. The van der Waals surface area contributed by atoms with E-state index >= 15 is 0 Å². The van der Waals surface area contributed by atoms with E-state index < -0.39 is 5.97 Å². The van der Waals surface area contributed by atoms with Crippen molar-refractivity contribution in [3.05, 3.63) is 22.4 Å². The summed E-state index contributed by atoms with van der Waals surface area (Å²) >= 11 is 3.33. The lowest BCUT2D eigenvalue weighted by Crippen LogP contribution is -2.27. The van der Waals surface area contributed by atoms with E-state index in [9.17, 15) is 4.79 Å². The van der Waals surface area contributed by atoms with Gasteiger partial charge in [0.25, 0.3) is 0 Å². The summed E-state index contributed by atoms with van der Waals surface area (Å²) in [7, 11) is 1.34. The molecule has 0 bridgehead atoms. The number of ether oxygens (including phenoxy) is 3. The number of esters is 1. The second-order valence-corrected chi connectivity index (χ2v) is 5.64. The maximum Gasteiger partial charge on any atom is 0.339 e. The fourth-order valence-electron chi connectivity index (χ4n) is 2.21. The summed E-state index contributed by atoms with van der Waals surface area (Å²) in [6.07, 6.45) is 3.72. The Balaban J connectivity index is 1.99. The first-order valence-corrected chi connectivity index (χ1v) is 7.37. The number of carbonyl (C=O) groups excluding carboxylic acids is 1. The predicted molar refractivity (Wildman–Crippen MR) is 76.9 cm³/mol. The number of rotatable bonds is 4. The molecule has 0 spiro atoms. The van der Waals surface area contributed by atoms with Crippen LogP contribution in [0.3, 0.4) is 0 Å². The highest BCUT2D eigenvalue weighted by Gasteiger charge is 2.20. The first kappa shape index (κ1) is 15.3. The number of pyridine rings is 1. The summed E-state index contributed by atoms with van der Waals surface area (Å²) in [5.41, 5.74) is 0.381. The third-order valence-corrected chi connectivity index (χ3v) is 3.89. The van der Waals surface area contributed by atoms with Crippen LogP contribution in [0.25, 0.3) is 0 Å². The first-order chi connectivity index (χ1) is 9.60. The Labute approximate surface area is 126 Å². The molecule has 110 valence electrons. The molecule has 1 fully saturated rings. The largest absolute Gasteiger partial charge is 0.490 e. The van der Waals surface area contributed by atoms with Gasteiger partial charge in [0.05, 0.1) is 25.4 Å². The van der Waals surface area contributed by atoms with Crippen molar-refractivity contribution in [2.75, 3.05) is 20.3 Å². The molecule has 0 amide bonds. The molecule has 1 aliphatic heterocycles. The fraction of sp³-hybridized carbons (Fsp3) is 0.571. The summed E-state index contributed by atoms with van der Waals surface area (Å²) < 4.78 is 16.6. The van der Waals surface area contributed by atoms with E-state index in [1.54, 1.807) is 6.07 Å². The van der Waals surface area contributed by atoms with Crippen LogP contribution in [-0.4, -0.2) is 37.4 Å².